The number of allylic oxidation sites excluding steroid dienone is 2. The molecule has 0 amide bonds. The Hall–Kier alpha value is -4.37. The Morgan fingerprint density at radius 3 is 2.34 bits per heavy atom. The molecule has 174 valence electrons. The highest BCUT2D eigenvalue weighted by Gasteiger charge is 2.26. The summed E-state index contributed by atoms with van der Waals surface area (Å²) < 4.78 is 32.2. The zero-order valence-electron chi connectivity index (χ0n) is 18.7. The molecule has 0 unspecified atom stereocenters. The number of carbonyl (C=O) groups excluding carboxylic acids is 1. The van der Waals surface area contributed by atoms with Gasteiger partial charge in [0.15, 0.2) is 5.76 Å². The summed E-state index contributed by atoms with van der Waals surface area (Å²) in [5, 5.41) is 7.65. The minimum atomic E-state index is -3.89. The number of para-hydroxylation sites is 1. The third kappa shape index (κ3) is 4.53. The molecule has 0 bridgehead atoms. The molecule has 0 atom stereocenters. The molecule has 1 aromatic heterocycles. The second-order valence-electron chi connectivity index (χ2n) is 7.91. The van der Waals surface area contributed by atoms with Gasteiger partial charge in [-0.3, -0.25) is 4.79 Å². The highest BCUT2D eigenvalue weighted by Crippen LogP contribution is 2.25. The van der Waals surface area contributed by atoms with E-state index in [-0.39, 0.29) is 28.7 Å². The molecule has 0 saturated heterocycles. The quantitative estimate of drug-likeness (QED) is 0.406. The first-order valence-corrected chi connectivity index (χ1v) is 12.2. The summed E-state index contributed by atoms with van der Waals surface area (Å²) >= 11 is 0. The van der Waals surface area contributed by atoms with Gasteiger partial charge in [0.25, 0.3) is 10.0 Å². The lowest BCUT2D eigenvalue weighted by Crippen LogP contribution is -2.19. The molecule has 1 heterocycles. The molecular weight excluding hydrogens is 464 g/mol. The van der Waals surface area contributed by atoms with Crippen LogP contribution in [0.4, 0.5) is 5.69 Å². The second-order valence-corrected chi connectivity index (χ2v) is 9.70. The van der Waals surface area contributed by atoms with Gasteiger partial charge in [0.2, 0.25) is 5.78 Å². The molecule has 3 aromatic carbocycles. The van der Waals surface area contributed by atoms with Gasteiger partial charge in [0, 0.05) is 17.2 Å². The minimum Gasteiger partial charge on any atom is -0.483 e. The number of nitrogens with zero attached hydrogens (tertiary/aromatic N) is 4. The van der Waals surface area contributed by atoms with Crippen molar-refractivity contribution in [3.63, 3.8) is 0 Å². The molecule has 0 saturated carbocycles. The smallest absolute Gasteiger partial charge is 0.284 e. The summed E-state index contributed by atoms with van der Waals surface area (Å²) in [4.78, 5) is 17.8. The normalized spacial score (nSPS) is 14.5. The Labute approximate surface area is 202 Å². The van der Waals surface area contributed by atoms with Crippen LogP contribution >= 0.6 is 0 Å². The van der Waals surface area contributed by atoms with E-state index in [9.17, 15) is 13.2 Å². The number of hydrogen-bond donors (Lipinski definition) is 0. The van der Waals surface area contributed by atoms with E-state index >= 15 is 0 Å². The summed E-state index contributed by atoms with van der Waals surface area (Å²) in [6, 6.07) is 23.0. The van der Waals surface area contributed by atoms with Crippen LogP contribution in [-0.2, 0) is 21.4 Å². The van der Waals surface area contributed by atoms with E-state index in [4.69, 9.17) is 4.74 Å². The molecule has 0 spiro atoms. The molecule has 1 aliphatic rings. The Kier molecular flexibility index (Phi) is 5.84. The van der Waals surface area contributed by atoms with Gasteiger partial charge in [-0.05, 0) is 31.2 Å². The molecule has 35 heavy (non-hydrogen) atoms. The van der Waals surface area contributed by atoms with E-state index in [0.29, 0.717) is 16.8 Å². The number of ether oxygens (including phenoxy) is 1. The van der Waals surface area contributed by atoms with Crippen molar-refractivity contribution in [1.82, 2.24) is 14.4 Å². The first-order chi connectivity index (χ1) is 16.9. The SMILES string of the molecule is Cc1ccc(S(=O)(=O)n2cc(COC3=CC(=Nc4ccccc4)c4ccccc4C3=O)nn2)cc1. The van der Waals surface area contributed by atoms with Crippen molar-refractivity contribution in [1.29, 1.82) is 0 Å². The van der Waals surface area contributed by atoms with E-state index in [2.05, 4.69) is 15.3 Å². The number of aryl methyl sites for hydroxylation is 1. The van der Waals surface area contributed by atoms with Crippen molar-refractivity contribution in [3.8, 4) is 0 Å². The summed E-state index contributed by atoms with van der Waals surface area (Å²) in [6.07, 6.45) is 2.86. The van der Waals surface area contributed by atoms with E-state index in [1.165, 1.54) is 18.3 Å². The number of fused-ring (bicyclic) bond motifs is 1. The minimum absolute atomic E-state index is 0.0920. The van der Waals surface area contributed by atoms with Crippen LogP contribution in [-0.4, -0.2) is 34.3 Å². The van der Waals surface area contributed by atoms with Crippen LogP contribution in [0, 0.1) is 6.92 Å². The van der Waals surface area contributed by atoms with Gasteiger partial charge in [-0.1, -0.05) is 65.4 Å². The average Bonchev–Trinajstić information content (AvgIpc) is 3.36. The van der Waals surface area contributed by atoms with Gasteiger partial charge in [0.1, 0.15) is 12.3 Å². The fraction of sp³-hybridized carbons (Fsp3) is 0.0769. The van der Waals surface area contributed by atoms with Crippen molar-refractivity contribution in [2.24, 2.45) is 4.99 Å². The van der Waals surface area contributed by atoms with E-state index in [1.807, 2.05) is 49.4 Å². The van der Waals surface area contributed by atoms with Crippen molar-refractivity contribution >= 4 is 27.2 Å². The molecule has 0 aliphatic heterocycles. The summed E-state index contributed by atoms with van der Waals surface area (Å²) in [7, 11) is -3.89. The topological polar surface area (TPSA) is 104 Å². The molecule has 8 nitrogen and oxygen atoms in total. The zero-order valence-corrected chi connectivity index (χ0v) is 19.5. The first-order valence-electron chi connectivity index (χ1n) is 10.8. The third-order valence-electron chi connectivity index (χ3n) is 5.41. The maximum Gasteiger partial charge on any atom is 0.284 e. The number of Topliss-reactive ketones (excluding diaryl/α,β-unsaturated/α-hetero) is 1. The highest BCUT2D eigenvalue weighted by molar-refractivity contribution is 7.89. The van der Waals surface area contributed by atoms with Gasteiger partial charge in [-0.2, -0.15) is 8.42 Å². The maximum absolute atomic E-state index is 13.0. The van der Waals surface area contributed by atoms with Crippen molar-refractivity contribution < 1.29 is 17.9 Å². The second kappa shape index (κ2) is 9.11. The molecular formula is C26H20N4O4S. The fourth-order valence-corrected chi connectivity index (χ4v) is 4.67. The van der Waals surface area contributed by atoms with Crippen LogP contribution in [0.2, 0.25) is 0 Å². The van der Waals surface area contributed by atoms with Gasteiger partial charge >= 0.3 is 0 Å². The Bertz CT molecular complexity index is 1570. The van der Waals surface area contributed by atoms with Gasteiger partial charge < -0.3 is 4.74 Å². The summed E-state index contributed by atoms with van der Waals surface area (Å²) in [5.74, 6) is -0.193. The molecule has 1 aliphatic carbocycles. The monoisotopic (exact) mass is 484 g/mol. The molecule has 4 aromatic rings. The molecule has 0 N–H and O–H groups in total. The van der Waals surface area contributed by atoms with Crippen LogP contribution in [0.1, 0.15) is 27.2 Å². The number of hydrogen-bond acceptors (Lipinski definition) is 7. The van der Waals surface area contributed by atoms with Crippen LogP contribution < -0.4 is 0 Å². The van der Waals surface area contributed by atoms with Gasteiger partial charge in [-0.15, -0.1) is 9.19 Å². The largest absolute Gasteiger partial charge is 0.483 e. The highest BCUT2D eigenvalue weighted by atomic mass is 32.2. The molecule has 0 radical (unpaired) electrons. The predicted octanol–water partition coefficient (Wildman–Crippen LogP) is 4.24. The van der Waals surface area contributed by atoms with Gasteiger partial charge in [-0.25, -0.2) is 4.99 Å². The van der Waals surface area contributed by atoms with Crippen LogP contribution in [0.3, 0.4) is 0 Å². The van der Waals surface area contributed by atoms with E-state index < -0.39 is 10.0 Å². The lowest BCUT2D eigenvalue weighted by Gasteiger charge is -2.17. The number of aliphatic imine (C=N–C) groups is 1. The van der Waals surface area contributed by atoms with Crippen molar-refractivity contribution in [2.75, 3.05) is 0 Å². The fourth-order valence-electron chi connectivity index (χ4n) is 3.58. The van der Waals surface area contributed by atoms with E-state index in [0.717, 1.165) is 15.3 Å². The summed E-state index contributed by atoms with van der Waals surface area (Å²) in [5.41, 5.74) is 3.72. The van der Waals surface area contributed by atoms with Crippen LogP contribution in [0.15, 0.2) is 107 Å². The first kappa shape index (κ1) is 22.4. The molecule has 9 heteroatoms. The number of aromatic nitrogens is 3. The van der Waals surface area contributed by atoms with E-state index in [1.54, 1.807) is 30.3 Å². The van der Waals surface area contributed by atoms with Crippen molar-refractivity contribution in [3.05, 3.63) is 119 Å². The average molecular weight is 485 g/mol. The van der Waals surface area contributed by atoms with Crippen LogP contribution in [0.5, 0.6) is 0 Å². The lowest BCUT2D eigenvalue weighted by atomic mass is 9.93. The summed E-state index contributed by atoms with van der Waals surface area (Å²) in [6.45, 7) is 1.73. The maximum atomic E-state index is 13.0. The molecule has 5 rings (SSSR count). The Morgan fingerprint density at radius 2 is 1.60 bits per heavy atom. The van der Waals surface area contributed by atoms with Gasteiger partial charge in [0.05, 0.1) is 22.5 Å². The third-order valence-corrected chi connectivity index (χ3v) is 6.95. The zero-order chi connectivity index (χ0) is 24.4. The standard InChI is InChI=1S/C26H20N4O4S/c1-18-11-13-21(14-12-18)35(32,33)30-16-20(28-29-30)17-34-25-15-24(27-19-7-3-2-4-8-19)22-9-5-6-10-23(22)26(25)31/h2-16H,17H2,1H3. The Morgan fingerprint density at radius 1 is 0.914 bits per heavy atom. The number of rotatable bonds is 6. The van der Waals surface area contributed by atoms with Crippen LogP contribution in [0.25, 0.3) is 0 Å². The number of carbonyl (C=O) groups is 1. The number of ketones is 1. The van der Waals surface area contributed by atoms with Crippen molar-refractivity contribution in [2.45, 2.75) is 18.4 Å². The Balaban J connectivity index is 1.40. The molecule has 0 fully saturated rings. The predicted molar refractivity (Wildman–Crippen MR) is 130 cm³/mol. The number of benzene rings is 3. The lowest BCUT2D eigenvalue weighted by molar-refractivity contribution is 0.0900.